The Bertz CT molecular complexity index is 2090. The standard InChI is InChI=1S/C42H47F4N3O8S/c1-7-8-19-40(49-58(52)39(2,3)4)26-57-37-32(40)23-35(48-36(37)28-11-14-30(43)15-12-28)41(51,42(44,45)46)25-47-38(50)29-13-18-33(34(22-29)54-6)56-21-20-55-24-27-9-16-31(53-5)17-10-27/h7,9-18,22-23,49,51H,1,8,19-21,24-26H2,2-6H3,(H,47,50). The molecule has 0 saturated heterocycles. The van der Waals surface area contributed by atoms with Crippen molar-refractivity contribution in [2.75, 3.05) is 40.6 Å². The normalized spacial score (nSPS) is 16.7. The number of carbonyl (C=O) groups is 1. The third-order valence-corrected chi connectivity index (χ3v) is 11.1. The number of carbonyl (C=O) groups excluding carboxylic acids is 1. The molecule has 0 saturated carbocycles. The van der Waals surface area contributed by atoms with Crippen molar-refractivity contribution in [3.05, 3.63) is 114 Å². The predicted octanol–water partition coefficient (Wildman–Crippen LogP) is 7.29. The molecule has 0 radical (unpaired) electrons. The first kappa shape index (κ1) is 44.1. The first-order valence-corrected chi connectivity index (χ1v) is 19.4. The number of halogens is 4. The zero-order valence-corrected chi connectivity index (χ0v) is 33.7. The van der Waals surface area contributed by atoms with Gasteiger partial charge >= 0.3 is 6.18 Å². The van der Waals surface area contributed by atoms with Gasteiger partial charge in [0.25, 0.3) is 5.91 Å². The Hall–Kier alpha value is -5.03. The van der Waals surface area contributed by atoms with E-state index in [1.54, 1.807) is 34.0 Å². The SMILES string of the molecule is C=CCCC1(NS(=O)C(C)(C)C)COc2c1cc(C(O)(CNC(=O)c1ccc(OCCOCc3ccc(OC)cc3)c(OC)c1)C(F)(F)F)nc2-c1ccc(F)cc1. The minimum Gasteiger partial charge on any atom is -0.497 e. The highest BCUT2D eigenvalue weighted by Gasteiger charge is 2.58. The van der Waals surface area contributed by atoms with Crippen molar-refractivity contribution in [3.8, 4) is 34.3 Å². The van der Waals surface area contributed by atoms with Crippen LogP contribution >= 0.6 is 0 Å². The summed E-state index contributed by atoms with van der Waals surface area (Å²) < 4.78 is 103. The molecule has 1 amide bonds. The van der Waals surface area contributed by atoms with Crippen LogP contribution in [0.4, 0.5) is 17.6 Å². The van der Waals surface area contributed by atoms with E-state index >= 15 is 13.2 Å². The summed E-state index contributed by atoms with van der Waals surface area (Å²) in [4.78, 5) is 17.7. The molecule has 1 aromatic heterocycles. The third kappa shape index (κ3) is 9.97. The maximum atomic E-state index is 15.2. The number of allylic oxidation sites excluding steroid dienone is 1. The van der Waals surface area contributed by atoms with E-state index < -0.39 is 57.0 Å². The number of nitrogens with one attached hydrogen (secondary N) is 2. The van der Waals surface area contributed by atoms with E-state index in [9.17, 15) is 18.5 Å². The number of rotatable bonds is 18. The van der Waals surface area contributed by atoms with Crippen LogP contribution in [-0.4, -0.2) is 71.7 Å². The first-order valence-electron chi connectivity index (χ1n) is 18.3. The van der Waals surface area contributed by atoms with Gasteiger partial charge in [0.05, 0.1) is 60.9 Å². The second-order valence-corrected chi connectivity index (χ2v) is 16.5. The van der Waals surface area contributed by atoms with Gasteiger partial charge in [-0.25, -0.2) is 18.3 Å². The zero-order valence-electron chi connectivity index (χ0n) is 32.8. The smallest absolute Gasteiger partial charge is 0.424 e. The van der Waals surface area contributed by atoms with Gasteiger partial charge in [0.2, 0.25) is 5.60 Å². The minimum absolute atomic E-state index is 0.0737. The number of hydrogen-bond donors (Lipinski definition) is 3. The molecule has 0 fully saturated rings. The molecule has 312 valence electrons. The third-order valence-electron chi connectivity index (χ3n) is 9.42. The Morgan fingerprint density at radius 1 is 1.00 bits per heavy atom. The van der Waals surface area contributed by atoms with Crippen LogP contribution in [0, 0.1) is 5.82 Å². The number of alkyl halides is 3. The molecule has 2 heterocycles. The summed E-state index contributed by atoms with van der Waals surface area (Å²) in [6.07, 6.45) is -3.21. The van der Waals surface area contributed by atoms with Crippen LogP contribution < -0.4 is 29.0 Å². The highest BCUT2D eigenvalue weighted by Crippen LogP contribution is 2.49. The molecular weight excluding hydrogens is 783 g/mol. The van der Waals surface area contributed by atoms with Crippen LogP contribution in [0.1, 0.15) is 60.8 Å². The van der Waals surface area contributed by atoms with Crippen molar-refractivity contribution in [1.29, 1.82) is 0 Å². The summed E-state index contributed by atoms with van der Waals surface area (Å²) in [6.45, 7) is 8.17. The highest BCUT2D eigenvalue weighted by molar-refractivity contribution is 7.84. The number of ether oxygens (including phenoxy) is 5. The molecule has 3 atom stereocenters. The molecule has 5 rings (SSSR count). The van der Waals surface area contributed by atoms with Crippen molar-refractivity contribution in [1.82, 2.24) is 15.0 Å². The lowest BCUT2D eigenvalue weighted by Crippen LogP contribution is -2.52. The van der Waals surface area contributed by atoms with Crippen molar-refractivity contribution in [3.63, 3.8) is 0 Å². The first-order chi connectivity index (χ1) is 27.4. The van der Waals surface area contributed by atoms with E-state index in [1.807, 2.05) is 24.3 Å². The number of aliphatic hydroxyl groups is 1. The van der Waals surface area contributed by atoms with E-state index in [1.165, 1.54) is 37.4 Å². The fourth-order valence-corrected chi connectivity index (χ4v) is 6.97. The zero-order chi connectivity index (χ0) is 42.3. The largest absolute Gasteiger partial charge is 0.497 e. The summed E-state index contributed by atoms with van der Waals surface area (Å²) in [5.74, 6) is -0.360. The van der Waals surface area contributed by atoms with E-state index in [2.05, 4.69) is 21.6 Å². The maximum absolute atomic E-state index is 15.2. The lowest BCUT2D eigenvalue weighted by Gasteiger charge is -2.34. The van der Waals surface area contributed by atoms with Gasteiger partial charge in [-0.1, -0.05) is 18.2 Å². The monoisotopic (exact) mass is 829 g/mol. The molecule has 11 nitrogen and oxygen atoms in total. The summed E-state index contributed by atoms with van der Waals surface area (Å²) in [6, 6.07) is 17.4. The Labute approximate surface area is 337 Å². The van der Waals surface area contributed by atoms with Crippen LogP contribution in [-0.2, 0) is 33.5 Å². The van der Waals surface area contributed by atoms with Crippen molar-refractivity contribution in [2.45, 2.75) is 62.3 Å². The number of nitrogens with zero attached hydrogens (tertiary/aromatic N) is 1. The van der Waals surface area contributed by atoms with Crippen molar-refractivity contribution in [2.24, 2.45) is 0 Å². The second kappa shape index (κ2) is 18.3. The number of pyridine rings is 1. The number of benzene rings is 3. The molecule has 58 heavy (non-hydrogen) atoms. The van der Waals surface area contributed by atoms with Gasteiger partial charge in [-0.05, 0) is 99.8 Å². The Balaban J connectivity index is 1.41. The molecule has 3 unspecified atom stereocenters. The highest BCUT2D eigenvalue weighted by atomic mass is 32.2. The molecule has 0 bridgehead atoms. The van der Waals surface area contributed by atoms with Gasteiger partial charge < -0.3 is 34.1 Å². The lowest BCUT2D eigenvalue weighted by atomic mass is 9.85. The number of amides is 1. The van der Waals surface area contributed by atoms with Gasteiger partial charge in [-0.15, -0.1) is 6.58 Å². The van der Waals surface area contributed by atoms with Crippen LogP contribution in [0.2, 0.25) is 0 Å². The lowest BCUT2D eigenvalue weighted by molar-refractivity contribution is -0.265. The van der Waals surface area contributed by atoms with E-state index in [-0.39, 0.29) is 65.9 Å². The number of methoxy groups -OCH3 is 2. The summed E-state index contributed by atoms with van der Waals surface area (Å²) in [5, 5.41) is 13.8. The molecule has 16 heteroatoms. The van der Waals surface area contributed by atoms with E-state index in [4.69, 9.17) is 23.7 Å². The second-order valence-electron chi connectivity index (χ2n) is 14.6. The topological polar surface area (TPSA) is 137 Å². The fraction of sp³-hybridized carbons (Fsp3) is 0.381. The maximum Gasteiger partial charge on any atom is 0.424 e. The van der Waals surface area contributed by atoms with Crippen LogP contribution in [0.15, 0.2) is 85.5 Å². The molecule has 3 N–H and O–H groups in total. The van der Waals surface area contributed by atoms with Crippen molar-refractivity contribution < 1.29 is 55.4 Å². The number of hydrogen-bond acceptors (Lipinski definition) is 9. The van der Waals surface area contributed by atoms with E-state index in [0.717, 1.165) is 29.5 Å². The molecule has 4 aromatic rings. The molecule has 0 aliphatic carbocycles. The molecule has 3 aromatic carbocycles. The summed E-state index contributed by atoms with van der Waals surface area (Å²) in [7, 11) is 1.19. The van der Waals surface area contributed by atoms with Gasteiger partial charge in [0.1, 0.15) is 30.5 Å². The minimum atomic E-state index is -5.38. The molecule has 0 spiro atoms. The summed E-state index contributed by atoms with van der Waals surface area (Å²) >= 11 is 0. The van der Waals surface area contributed by atoms with E-state index in [0.29, 0.717) is 13.0 Å². The molecular formula is C42H47F4N3O8S. The average Bonchev–Trinajstić information content (AvgIpc) is 3.56. The molecule has 1 aliphatic heterocycles. The average molecular weight is 830 g/mol. The van der Waals surface area contributed by atoms with Gasteiger partial charge in [0.15, 0.2) is 17.2 Å². The number of fused-ring (bicyclic) bond motifs is 1. The Morgan fingerprint density at radius 2 is 1.71 bits per heavy atom. The van der Waals surface area contributed by atoms with Crippen LogP contribution in [0.3, 0.4) is 0 Å². The Morgan fingerprint density at radius 3 is 2.33 bits per heavy atom. The van der Waals surface area contributed by atoms with Crippen molar-refractivity contribution >= 4 is 16.9 Å². The summed E-state index contributed by atoms with van der Waals surface area (Å²) in [5.41, 5.74) is -4.84. The van der Waals surface area contributed by atoms with Gasteiger partial charge in [-0.2, -0.15) is 13.2 Å². The molecule has 1 aliphatic rings. The van der Waals surface area contributed by atoms with Crippen LogP contribution in [0.5, 0.6) is 23.0 Å². The fourth-order valence-electron chi connectivity index (χ4n) is 6.04. The number of aromatic nitrogens is 1. The van der Waals surface area contributed by atoms with Gasteiger partial charge in [-0.3, -0.25) is 4.79 Å². The van der Waals surface area contributed by atoms with Crippen LogP contribution in [0.25, 0.3) is 11.3 Å². The Kier molecular flexibility index (Phi) is 13.9. The van der Waals surface area contributed by atoms with Gasteiger partial charge in [0, 0.05) is 16.7 Å². The predicted molar refractivity (Wildman–Crippen MR) is 211 cm³/mol. The quantitative estimate of drug-likeness (QED) is 0.0537.